The number of aromatic nitrogens is 2. The van der Waals surface area contributed by atoms with Crippen LogP contribution in [-0.4, -0.2) is 28.5 Å². The van der Waals surface area contributed by atoms with E-state index in [0.717, 1.165) is 6.54 Å². The van der Waals surface area contributed by atoms with Crippen LogP contribution in [0.3, 0.4) is 0 Å². The van der Waals surface area contributed by atoms with Crippen molar-refractivity contribution in [2.75, 3.05) is 18.4 Å². The molecule has 0 saturated heterocycles. The van der Waals surface area contributed by atoms with Crippen LogP contribution in [0.2, 0.25) is 0 Å². The average molecular weight is 262 g/mol. The minimum atomic E-state index is -0.323. The van der Waals surface area contributed by atoms with E-state index in [9.17, 15) is 9.18 Å². The fourth-order valence-corrected chi connectivity index (χ4v) is 1.57. The smallest absolute Gasteiger partial charge is 0.238 e. The van der Waals surface area contributed by atoms with Crippen LogP contribution in [0.4, 0.5) is 10.1 Å². The van der Waals surface area contributed by atoms with E-state index >= 15 is 0 Å². The molecule has 1 amide bonds. The third kappa shape index (κ3) is 4.51. The second-order valence-corrected chi connectivity index (χ2v) is 4.03. The third-order valence-corrected chi connectivity index (χ3v) is 2.52. The van der Waals surface area contributed by atoms with Crippen molar-refractivity contribution in [3.05, 3.63) is 48.8 Å². The zero-order chi connectivity index (χ0) is 13.5. The molecule has 0 spiro atoms. The van der Waals surface area contributed by atoms with E-state index in [2.05, 4.69) is 15.6 Å². The summed E-state index contributed by atoms with van der Waals surface area (Å²) in [5.74, 6) is -0.478. The number of rotatable bonds is 6. The molecule has 2 rings (SSSR count). The first kappa shape index (κ1) is 13.2. The van der Waals surface area contributed by atoms with Gasteiger partial charge in [-0.2, -0.15) is 0 Å². The van der Waals surface area contributed by atoms with Crippen molar-refractivity contribution in [1.82, 2.24) is 14.9 Å². The summed E-state index contributed by atoms with van der Waals surface area (Å²) in [4.78, 5) is 15.5. The highest BCUT2D eigenvalue weighted by atomic mass is 19.1. The third-order valence-electron chi connectivity index (χ3n) is 2.52. The van der Waals surface area contributed by atoms with Crippen LogP contribution in [0.15, 0.2) is 43.0 Å². The Bertz CT molecular complexity index is 510. The first-order valence-corrected chi connectivity index (χ1v) is 5.96. The number of nitrogens with one attached hydrogen (secondary N) is 2. The van der Waals surface area contributed by atoms with E-state index in [1.807, 2.05) is 10.8 Å². The van der Waals surface area contributed by atoms with Gasteiger partial charge in [-0.1, -0.05) is 0 Å². The Morgan fingerprint density at radius 2 is 2.11 bits per heavy atom. The van der Waals surface area contributed by atoms with Crippen molar-refractivity contribution in [2.24, 2.45) is 0 Å². The predicted octanol–water partition coefficient (Wildman–Crippen LogP) is 1.25. The Morgan fingerprint density at radius 1 is 1.32 bits per heavy atom. The summed E-state index contributed by atoms with van der Waals surface area (Å²) in [6, 6.07) is 5.67. The van der Waals surface area contributed by atoms with Crippen LogP contribution >= 0.6 is 0 Å². The molecule has 2 aromatic rings. The molecule has 0 fully saturated rings. The van der Waals surface area contributed by atoms with Crippen molar-refractivity contribution in [3.63, 3.8) is 0 Å². The van der Waals surface area contributed by atoms with Gasteiger partial charge in [0.2, 0.25) is 5.91 Å². The Balaban J connectivity index is 1.65. The van der Waals surface area contributed by atoms with Crippen LogP contribution < -0.4 is 10.6 Å². The maximum Gasteiger partial charge on any atom is 0.238 e. The van der Waals surface area contributed by atoms with Crippen LogP contribution in [0.5, 0.6) is 0 Å². The molecule has 0 aliphatic rings. The van der Waals surface area contributed by atoms with Crippen LogP contribution in [0.1, 0.15) is 0 Å². The van der Waals surface area contributed by atoms with Gasteiger partial charge in [-0.25, -0.2) is 9.37 Å². The second kappa shape index (κ2) is 6.65. The number of amides is 1. The largest absolute Gasteiger partial charge is 0.336 e. The molecule has 2 N–H and O–H groups in total. The Kier molecular flexibility index (Phi) is 4.63. The van der Waals surface area contributed by atoms with Gasteiger partial charge in [-0.3, -0.25) is 4.79 Å². The number of benzene rings is 1. The number of hydrogen-bond donors (Lipinski definition) is 2. The summed E-state index contributed by atoms with van der Waals surface area (Å²) >= 11 is 0. The summed E-state index contributed by atoms with van der Waals surface area (Å²) in [5, 5.41) is 5.70. The molecule has 19 heavy (non-hydrogen) atoms. The summed E-state index contributed by atoms with van der Waals surface area (Å²) in [6.07, 6.45) is 5.29. The van der Waals surface area contributed by atoms with Crippen LogP contribution in [-0.2, 0) is 11.3 Å². The molecule has 0 saturated carbocycles. The van der Waals surface area contributed by atoms with Gasteiger partial charge >= 0.3 is 0 Å². The SMILES string of the molecule is O=C(CNCCn1ccnc1)Nc1ccc(F)cc1. The van der Waals surface area contributed by atoms with Crippen molar-refractivity contribution in [1.29, 1.82) is 0 Å². The second-order valence-electron chi connectivity index (χ2n) is 4.03. The maximum absolute atomic E-state index is 12.7. The number of nitrogens with zero attached hydrogens (tertiary/aromatic N) is 2. The number of anilines is 1. The van der Waals surface area contributed by atoms with E-state index in [-0.39, 0.29) is 18.3 Å². The lowest BCUT2D eigenvalue weighted by atomic mass is 10.3. The molecule has 100 valence electrons. The molecule has 0 unspecified atom stereocenters. The first-order chi connectivity index (χ1) is 9.24. The Morgan fingerprint density at radius 3 is 2.79 bits per heavy atom. The van der Waals surface area contributed by atoms with Crippen molar-refractivity contribution >= 4 is 11.6 Å². The van der Waals surface area contributed by atoms with Crippen molar-refractivity contribution in [3.8, 4) is 0 Å². The number of hydrogen-bond acceptors (Lipinski definition) is 3. The predicted molar refractivity (Wildman–Crippen MR) is 70.1 cm³/mol. The van der Waals surface area contributed by atoms with Gasteiger partial charge in [0.15, 0.2) is 0 Å². The molecule has 0 aliphatic heterocycles. The Labute approximate surface area is 110 Å². The standard InChI is InChI=1S/C13H15FN4O/c14-11-1-3-12(4-2-11)17-13(19)9-15-5-7-18-8-6-16-10-18/h1-4,6,8,10,15H,5,7,9H2,(H,17,19). The quantitative estimate of drug-likeness (QED) is 0.770. The molecular formula is C13H15FN4O. The van der Waals surface area contributed by atoms with E-state index < -0.39 is 0 Å². The number of carbonyl (C=O) groups excluding carboxylic acids is 1. The molecule has 0 radical (unpaired) electrons. The fraction of sp³-hybridized carbons (Fsp3) is 0.231. The lowest BCUT2D eigenvalue weighted by Crippen LogP contribution is -2.30. The topological polar surface area (TPSA) is 59.0 Å². The molecule has 1 heterocycles. The molecule has 0 bridgehead atoms. The number of halogens is 1. The maximum atomic E-state index is 12.7. The number of carbonyl (C=O) groups is 1. The normalized spacial score (nSPS) is 10.4. The van der Waals surface area contributed by atoms with E-state index in [4.69, 9.17) is 0 Å². The van der Waals surface area contributed by atoms with Crippen molar-refractivity contribution in [2.45, 2.75) is 6.54 Å². The average Bonchev–Trinajstić information content (AvgIpc) is 2.91. The van der Waals surface area contributed by atoms with Gasteiger partial charge in [0.05, 0.1) is 12.9 Å². The van der Waals surface area contributed by atoms with Gasteiger partial charge in [0.25, 0.3) is 0 Å². The zero-order valence-corrected chi connectivity index (χ0v) is 10.3. The molecule has 6 heteroatoms. The van der Waals surface area contributed by atoms with Gasteiger partial charge in [0, 0.05) is 31.2 Å². The van der Waals surface area contributed by atoms with E-state index in [1.54, 1.807) is 12.5 Å². The number of imidazole rings is 1. The lowest BCUT2D eigenvalue weighted by molar-refractivity contribution is -0.115. The molecular weight excluding hydrogens is 247 g/mol. The summed E-state index contributed by atoms with van der Waals surface area (Å²) < 4.78 is 14.6. The summed E-state index contributed by atoms with van der Waals surface area (Å²) in [5.41, 5.74) is 0.586. The zero-order valence-electron chi connectivity index (χ0n) is 10.3. The lowest BCUT2D eigenvalue weighted by Gasteiger charge is -2.07. The minimum absolute atomic E-state index is 0.155. The summed E-state index contributed by atoms with van der Waals surface area (Å²) in [6.45, 7) is 1.64. The first-order valence-electron chi connectivity index (χ1n) is 5.96. The molecule has 0 atom stereocenters. The van der Waals surface area contributed by atoms with Gasteiger partial charge in [-0.15, -0.1) is 0 Å². The van der Waals surface area contributed by atoms with E-state index in [1.165, 1.54) is 24.3 Å². The summed E-state index contributed by atoms with van der Waals surface area (Å²) in [7, 11) is 0. The van der Waals surface area contributed by atoms with Crippen molar-refractivity contribution < 1.29 is 9.18 Å². The van der Waals surface area contributed by atoms with Gasteiger partial charge < -0.3 is 15.2 Å². The minimum Gasteiger partial charge on any atom is -0.336 e. The fourth-order valence-electron chi connectivity index (χ4n) is 1.57. The molecule has 5 nitrogen and oxygen atoms in total. The molecule has 0 aliphatic carbocycles. The highest BCUT2D eigenvalue weighted by molar-refractivity contribution is 5.92. The van der Waals surface area contributed by atoms with E-state index in [0.29, 0.717) is 12.2 Å². The van der Waals surface area contributed by atoms with Crippen LogP contribution in [0.25, 0.3) is 0 Å². The van der Waals surface area contributed by atoms with Gasteiger partial charge in [-0.05, 0) is 24.3 Å². The van der Waals surface area contributed by atoms with Crippen LogP contribution in [0, 0.1) is 5.82 Å². The monoisotopic (exact) mass is 262 g/mol. The van der Waals surface area contributed by atoms with Gasteiger partial charge in [0.1, 0.15) is 5.82 Å². The molecule has 1 aromatic carbocycles. The highest BCUT2D eigenvalue weighted by Crippen LogP contribution is 2.07. The Hall–Kier alpha value is -2.21. The molecule has 1 aromatic heterocycles. The highest BCUT2D eigenvalue weighted by Gasteiger charge is 2.01.